The van der Waals surface area contributed by atoms with Crippen LogP contribution in [0.25, 0.3) is 16.2 Å². The molecule has 0 bridgehead atoms. The number of fused-ring (bicyclic) bond motifs is 1. The van der Waals surface area contributed by atoms with Crippen molar-refractivity contribution >= 4 is 22.2 Å². The highest BCUT2D eigenvalue weighted by atomic mass is 32.1. The molecule has 4 aromatic rings. The Bertz CT molecular complexity index is 1170. The molecule has 5 rings (SSSR count). The first-order valence-electron chi connectivity index (χ1n) is 9.74. The van der Waals surface area contributed by atoms with E-state index >= 15 is 0 Å². The van der Waals surface area contributed by atoms with E-state index in [4.69, 9.17) is 0 Å². The molecule has 3 N–H and O–H groups in total. The summed E-state index contributed by atoms with van der Waals surface area (Å²) in [6, 6.07) is 16.8. The number of aromatic nitrogens is 2. The minimum atomic E-state index is -0.288. The van der Waals surface area contributed by atoms with Crippen LogP contribution < -0.4 is 16.2 Å². The van der Waals surface area contributed by atoms with E-state index in [1.807, 2.05) is 24.4 Å². The van der Waals surface area contributed by atoms with E-state index in [0.717, 1.165) is 16.9 Å². The highest BCUT2D eigenvalue weighted by Gasteiger charge is 2.25. The van der Waals surface area contributed by atoms with Crippen molar-refractivity contribution in [1.29, 1.82) is 0 Å². The second-order valence-corrected chi connectivity index (χ2v) is 8.14. The molecule has 1 amide bonds. The Kier molecular flexibility index (Phi) is 5.04. The average molecular weight is 422 g/mol. The van der Waals surface area contributed by atoms with Crippen LogP contribution in [0.4, 0.5) is 4.39 Å². The largest absolute Gasteiger partial charge is 0.349 e. The fourth-order valence-corrected chi connectivity index (χ4v) is 4.53. The lowest BCUT2D eigenvalue weighted by molar-refractivity contribution is 0.0944. The summed E-state index contributed by atoms with van der Waals surface area (Å²) in [6.45, 7) is 0.520. The summed E-state index contributed by atoms with van der Waals surface area (Å²) in [5.41, 5.74) is 9.85. The number of imidazole rings is 1. The van der Waals surface area contributed by atoms with Crippen LogP contribution in [-0.2, 0) is 0 Å². The van der Waals surface area contributed by atoms with Gasteiger partial charge >= 0.3 is 0 Å². The first-order chi connectivity index (χ1) is 14.7. The van der Waals surface area contributed by atoms with E-state index in [0.29, 0.717) is 17.9 Å². The molecule has 0 saturated carbocycles. The molecule has 6 nitrogen and oxygen atoms in total. The van der Waals surface area contributed by atoms with Gasteiger partial charge in [0.2, 0.25) is 0 Å². The van der Waals surface area contributed by atoms with Gasteiger partial charge in [-0.1, -0.05) is 30.3 Å². The minimum absolute atomic E-state index is 0.144. The van der Waals surface area contributed by atoms with E-state index < -0.39 is 0 Å². The second-order valence-electron chi connectivity index (χ2n) is 7.30. The fraction of sp³-hybridized carbons (Fsp3) is 0.182. The van der Waals surface area contributed by atoms with Gasteiger partial charge in [-0.15, -0.1) is 11.3 Å². The molecule has 1 fully saturated rings. The van der Waals surface area contributed by atoms with E-state index in [1.165, 1.54) is 29.0 Å². The Hall–Kier alpha value is -3.07. The molecule has 2 unspecified atom stereocenters. The van der Waals surface area contributed by atoms with Gasteiger partial charge in [0.1, 0.15) is 11.5 Å². The van der Waals surface area contributed by atoms with Crippen LogP contribution in [-0.4, -0.2) is 27.9 Å². The Balaban J connectivity index is 1.25. The minimum Gasteiger partial charge on any atom is -0.349 e. The van der Waals surface area contributed by atoms with Crippen LogP contribution in [0, 0.1) is 5.82 Å². The summed E-state index contributed by atoms with van der Waals surface area (Å²) < 4.78 is 14.9. The number of thiazole rings is 1. The highest BCUT2D eigenvalue weighted by Crippen LogP contribution is 2.24. The van der Waals surface area contributed by atoms with Crippen LogP contribution in [0.15, 0.2) is 66.2 Å². The van der Waals surface area contributed by atoms with Crippen LogP contribution >= 0.6 is 11.3 Å². The smallest absolute Gasteiger partial charge is 0.269 e. The topological polar surface area (TPSA) is 70.5 Å². The zero-order valence-electron chi connectivity index (χ0n) is 16.0. The predicted octanol–water partition coefficient (Wildman–Crippen LogP) is 3.54. The Labute approximate surface area is 176 Å². The number of hydrogen-bond donors (Lipinski definition) is 3. The number of carbonyl (C=O) groups excluding carboxylic acids is 1. The van der Waals surface area contributed by atoms with Gasteiger partial charge < -0.3 is 5.32 Å². The van der Waals surface area contributed by atoms with Crippen LogP contribution in [0.3, 0.4) is 0 Å². The van der Waals surface area contributed by atoms with Crippen molar-refractivity contribution < 1.29 is 9.18 Å². The van der Waals surface area contributed by atoms with Crippen molar-refractivity contribution in [1.82, 2.24) is 25.6 Å². The van der Waals surface area contributed by atoms with Crippen molar-refractivity contribution in [3.8, 4) is 11.3 Å². The first-order valence-corrected chi connectivity index (χ1v) is 10.6. The maximum Gasteiger partial charge on any atom is 0.269 e. The van der Waals surface area contributed by atoms with Gasteiger partial charge in [0.05, 0.1) is 5.69 Å². The number of benzene rings is 2. The zero-order chi connectivity index (χ0) is 20.5. The summed E-state index contributed by atoms with van der Waals surface area (Å²) in [5, 5.41) is 4.82. The number of rotatable bonds is 5. The monoisotopic (exact) mass is 421 g/mol. The number of hydrazine groups is 1. The van der Waals surface area contributed by atoms with Crippen molar-refractivity contribution in [2.75, 3.05) is 6.54 Å². The molecule has 1 aliphatic heterocycles. The summed E-state index contributed by atoms with van der Waals surface area (Å²) >= 11 is 1.41. The molecule has 2 aromatic heterocycles. The van der Waals surface area contributed by atoms with Crippen LogP contribution in [0.5, 0.6) is 0 Å². The summed E-state index contributed by atoms with van der Waals surface area (Å²) in [6.07, 6.45) is 2.71. The molecular weight excluding hydrogens is 401 g/mol. The third-order valence-corrected chi connectivity index (χ3v) is 6.11. The SMILES string of the molecule is O=C(NCC1CC(c2ccccc2)NN1)c1csc2nc(-c3ccc(F)cc3)cn12. The number of carbonyl (C=O) groups is 1. The lowest BCUT2D eigenvalue weighted by atomic mass is 10.0. The quantitative estimate of drug-likeness (QED) is 0.461. The molecule has 0 spiro atoms. The lowest BCUT2D eigenvalue weighted by Crippen LogP contribution is -2.40. The standard InChI is InChI=1S/C22H20FN5OS/c23-16-8-6-15(7-9-16)19-12-28-20(13-30-22(28)25-19)21(29)24-11-17-10-18(27-26-17)14-4-2-1-3-5-14/h1-9,12-13,17-18,26-27H,10-11H2,(H,24,29). The first kappa shape index (κ1) is 18.9. The predicted molar refractivity (Wildman–Crippen MR) is 115 cm³/mol. The molecule has 0 radical (unpaired) electrons. The van der Waals surface area contributed by atoms with Gasteiger partial charge in [0, 0.05) is 35.8 Å². The summed E-state index contributed by atoms with van der Waals surface area (Å²) in [7, 11) is 0. The van der Waals surface area contributed by atoms with Gasteiger partial charge in [-0.3, -0.25) is 14.6 Å². The van der Waals surface area contributed by atoms with Gasteiger partial charge in [-0.05, 0) is 36.2 Å². The molecule has 1 aliphatic rings. The maximum atomic E-state index is 13.2. The van der Waals surface area contributed by atoms with Crippen molar-refractivity contribution in [3.05, 3.63) is 83.2 Å². The molecule has 8 heteroatoms. The maximum absolute atomic E-state index is 13.2. The van der Waals surface area contributed by atoms with Crippen LogP contribution in [0.1, 0.15) is 28.5 Å². The Morgan fingerprint density at radius 2 is 1.97 bits per heavy atom. The van der Waals surface area contributed by atoms with Crippen molar-refractivity contribution in [2.24, 2.45) is 0 Å². The molecule has 1 saturated heterocycles. The number of amides is 1. The van der Waals surface area contributed by atoms with Crippen molar-refractivity contribution in [2.45, 2.75) is 18.5 Å². The zero-order valence-corrected chi connectivity index (χ0v) is 16.8. The average Bonchev–Trinajstić information content (AvgIpc) is 3.49. The molecule has 0 aliphatic carbocycles. The third-order valence-electron chi connectivity index (χ3n) is 5.27. The number of nitrogens with one attached hydrogen (secondary N) is 3. The third kappa shape index (κ3) is 3.72. The van der Waals surface area contributed by atoms with E-state index in [9.17, 15) is 9.18 Å². The normalized spacial score (nSPS) is 18.7. The molecule has 3 heterocycles. The molecular formula is C22H20FN5OS. The fourth-order valence-electron chi connectivity index (χ4n) is 3.67. The van der Waals surface area contributed by atoms with Gasteiger partial charge in [0.15, 0.2) is 4.96 Å². The lowest BCUT2D eigenvalue weighted by Gasteiger charge is -2.11. The molecule has 2 atom stereocenters. The van der Waals surface area contributed by atoms with E-state index in [-0.39, 0.29) is 23.8 Å². The molecule has 30 heavy (non-hydrogen) atoms. The van der Waals surface area contributed by atoms with Gasteiger partial charge in [-0.2, -0.15) is 0 Å². The Morgan fingerprint density at radius 3 is 2.77 bits per heavy atom. The number of hydrogen-bond acceptors (Lipinski definition) is 5. The van der Waals surface area contributed by atoms with E-state index in [1.54, 1.807) is 21.9 Å². The summed E-state index contributed by atoms with van der Waals surface area (Å²) in [4.78, 5) is 18.0. The van der Waals surface area contributed by atoms with E-state index in [2.05, 4.69) is 33.3 Å². The number of halogens is 1. The van der Waals surface area contributed by atoms with Crippen LogP contribution in [0.2, 0.25) is 0 Å². The van der Waals surface area contributed by atoms with Gasteiger partial charge in [-0.25, -0.2) is 14.8 Å². The molecule has 2 aromatic carbocycles. The highest BCUT2D eigenvalue weighted by molar-refractivity contribution is 7.15. The number of nitrogens with zero attached hydrogens (tertiary/aromatic N) is 2. The van der Waals surface area contributed by atoms with Crippen molar-refractivity contribution in [3.63, 3.8) is 0 Å². The second kappa shape index (κ2) is 7.98. The van der Waals surface area contributed by atoms with Gasteiger partial charge in [0.25, 0.3) is 5.91 Å². The molecule has 152 valence electrons. The summed E-state index contributed by atoms with van der Waals surface area (Å²) in [5.74, 6) is -0.432. The Morgan fingerprint density at radius 1 is 1.17 bits per heavy atom.